The van der Waals surface area contributed by atoms with Crippen molar-refractivity contribution in [2.45, 2.75) is 72.1 Å². The highest BCUT2D eigenvalue weighted by atomic mass is 14.7. The van der Waals surface area contributed by atoms with Crippen molar-refractivity contribution in [1.29, 1.82) is 0 Å². The fourth-order valence-electron chi connectivity index (χ4n) is 4.61. The average Bonchev–Trinajstić information content (AvgIpc) is 2.61. The Kier molecular flexibility index (Phi) is 8.01. The van der Waals surface area contributed by atoms with Crippen molar-refractivity contribution in [2.24, 2.45) is 23.7 Å². The van der Waals surface area contributed by atoms with Gasteiger partial charge in [-0.25, -0.2) is 0 Å². The van der Waals surface area contributed by atoms with Gasteiger partial charge in [0.05, 0.1) is 11.4 Å². The second kappa shape index (κ2) is 10.0. The van der Waals surface area contributed by atoms with Gasteiger partial charge in [-0.2, -0.15) is 0 Å². The van der Waals surface area contributed by atoms with Gasteiger partial charge in [-0.15, -0.1) is 0 Å². The summed E-state index contributed by atoms with van der Waals surface area (Å²) >= 11 is 0. The minimum Gasteiger partial charge on any atom is -0.397 e. The van der Waals surface area contributed by atoms with E-state index in [4.69, 9.17) is 11.5 Å². The summed E-state index contributed by atoms with van der Waals surface area (Å²) in [6.45, 7) is 15.7. The molecule has 1 aliphatic carbocycles. The van der Waals surface area contributed by atoms with Gasteiger partial charge < -0.3 is 11.5 Å². The number of nitrogen functional groups attached to an aromatic ring is 2. The third-order valence-electron chi connectivity index (χ3n) is 6.78. The molecule has 150 valence electrons. The van der Waals surface area contributed by atoms with Crippen LogP contribution >= 0.6 is 0 Å². The third kappa shape index (κ3) is 6.45. The maximum absolute atomic E-state index is 5.89. The van der Waals surface area contributed by atoms with Crippen molar-refractivity contribution < 1.29 is 0 Å². The van der Waals surface area contributed by atoms with Crippen LogP contribution in [0.4, 0.5) is 11.4 Å². The molecule has 0 aliphatic heterocycles. The molecule has 3 unspecified atom stereocenters. The summed E-state index contributed by atoms with van der Waals surface area (Å²) in [5, 5.41) is 0. The molecule has 0 amide bonds. The molecular weight excluding hydrogens is 328 g/mol. The first kappa shape index (κ1) is 21.6. The van der Waals surface area contributed by atoms with Crippen molar-refractivity contribution >= 4 is 11.4 Å². The number of allylic oxidation sites excluding steroid dienone is 2. The second-order valence-corrected chi connectivity index (χ2v) is 9.09. The van der Waals surface area contributed by atoms with Crippen molar-refractivity contribution in [3.8, 4) is 0 Å². The summed E-state index contributed by atoms with van der Waals surface area (Å²) in [6.07, 6.45) is 9.74. The first-order chi connectivity index (χ1) is 12.8. The molecule has 4 atom stereocenters. The monoisotopic (exact) mass is 368 g/mol. The average molecular weight is 369 g/mol. The predicted octanol–water partition coefficient (Wildman–Crippen LogP) is 6.77. The van der Waals surface area contributed by atoms with Gasteiger partial charge in [0.1, 0.15) is 0 Å². The number of rotatable bonds is 9. The van der Waals surface area contributed by atoms with Crippen LogP contribution in [0.2, 0.25) is 0 Å². The molecule has 2 rings (SSSR count). The molecule has 1 aromatic carbocycles. The summed E-state index contributed by atoms with van der Waals surface area (Å²) in [6, 6.07) is 6.02. The van der Waals surface area contributed by atoms with Crippen LogP contribution in [0.25, 0.3) is 0 Å². The molecule has 0 heterocycles. The summed E-state index contributed by atoms with van der Waals surface area (Å²) in [4.78, 5) is 0. The van der Waals surface area contributed by atoms with Crippen LogP contribution in [-0.4, -0.2) is 0 Å². The van der Waals surface area contributed by atoms with Crippen molar-refractivity contribution in [3.05, 3.63) is 48.1 Å². The molecule has 2 nitrogen and oxygen atoms in total. The molecule has 1 aliphatic rings. The van der Waals surface area contributed by atoms with E-state index >= 15 is 0 Å². The van der Waals surface area contributed by atoms with E-state index in [9.17, 15) is 0 Å². The van der Waals surface area contributed by atoms with E-state index in [1.165, 1.54) is 61.7 Å². The fourth-order valence-corrected chi connectivity index (χ4v) is 4.61. The molecule has 1 aromatic rings. The highest BCUT2D eigenvalue weighted by Crippen LogP contribution is 2.43. The predicted molar refractivity (Wildman–Crippen MR) is 121 cm³/mol. The van der Waals surface area contributed by atoms with Gasteiger partial charge in [0.25, 0.3) is 0 Å². The molecule has 4 N–H and O–H groups in total. The Morgan fingerprint density at radius 1 is 1.04 bits per heavy atom. The van der Waals surface area contributed by atoms with E-state index < -0.39 is 0 Å². The van der Waals surface area contributed by atoms with Crippen LogP contribution < -0.4 is 11.5 Å². The zero-order valence-electron chi connectivity index (χ0n) is 17.8. The Morgan fingerprint density at radius 3 is 2.44 bits per heavy atom. The van der Waals surface area contributed by atoms with E-state index in [2.05, 4.69) is 40.0 Å². The maximum atomic E-state index is 5.89. The lowest BCUT2D eigenvalue weighted by Crippen LogP contribution is -2.30. The number of unbranched alkanes of at least 4 members (excludes halogenated alkanes) is 2. The minimum atomic E-state index is 0.676. The molecule has 0 saturated heterocycles. The summed E-state index contributed by atoms with van der Waals surface area (Å²) in [7, 11) is 0. The highest BCUT2D eigenvalue weighted by Gasteiger charge is 2.32. The number of benzene rings is 1. The Balaban J connectivity index is 1.69. The number of hydrogen-bond donors (Lipinski definition) is 2. The number of nitrogens with two attached hydrogens (primary N) is 2. The maximum Gasteiger partial charge on any atom is 0.0550 e. The Labute approximate surface area is 167 Å². The quantitative estimate of drug-likeness (QED) is 0.287. The number of hydrogen-bond acceptors (Lipinski definition) is 2. The second-order valence-electron chi connectivity index (χ2n) is 9.09. The lowest BCUT2D eigenvalue weighted by molar-refractivity contribution is 0.144. The smallest absolute Gasteiger partial charge is 0.0550 e. The zero-order valence-corrected chi connectivity index (χ0v) is 17.8. The van der Waals surface area contributed by atoms with Crippen molar-refractivity contribution in [3.63, 3.8) is 0 Å². The number of anilines is 2. The van der Waals surface area contributed by atoms with Gasteiger partial charge >= 0.3 is 0 Å². The first-order valence-corrected chi connectivity index (χ1v) is 10.7. The third-order valence-corrected chi connectivity index (χ3v) is 6.78. The molecule has 0 radical (unpaired) electrons. The van der Waals surface area contributed by atoms with Crippen LogP contribution in [0.5, 0.6) is 0 Å². The topological polar surface area (TPSA) is 52.0 Å². The van der Waals surface area contributed by atoms with Gasteiger partial charge in [-0.05, 0) is 93.2 Å². The van der Waals surface area contributed by atoms with E-state index in [1.807, 2.05) is 12.1 Å². The van der Waals surface area contributed by atoms with E-state index in [1.54, 1.807) is 0 Å². The van der Waals surface area contributed by atoms with Crippen LogP contribution in [0.1, 0.15) is 71.3 Å². The minimum absolute atomic E-state index is 0.676. The van der Waals surface area contributed by atoms with Gasteiger partial charge in [0.2, 0.25) is 0 Å². The summed E-state index contributed by atoms with van der Waals surface area (Å²) < 4.78 is 0. The molecule has 27 heavy (non-hydrogen) atoms. The van der Waals surface area contributed by atoms with E-state index in [0.29, 0.717) is 17.3 Å². The lowest BCUT2D eigenvalue weighted by Gasteiger charge is -2.39. The highest BCUT2D eigenvalue weighted by molar-refractivity contribution is 5.63. The molecule has 0 bridgehead atoms. The van der Waals surface area contributed by atoms with Crippen molar-refractivity contribution in [2.75, 3.05) is 11.5 Å². The molecule has 2 heteroatoms. The Bertz CT molecular complexity index is 646. The molecule has 0 spiro atoms. The van der Waals surface area contributed by atoms with Crippen LogP contribution in [-0.2, 0) is 6.42 Å². The van der Waals surface area contributed by atoms with Crippen molar-refractivity contribution in [1.82, 2.24) is 0 Å². The van der Waals surface area contributed by atoms with Crippen LogP contribution in [0.3, 0.4) is 0 Å². The normalized spacial score (nSPS) is 25.3. The Morgan fingerprint density at radius 2 is 1.78 bits per heavy atom. The van der Waals surface area contributed by atoms with Crippen LogP contribution in [0.15, 0.2) is 42.5 Å². The SMILES string of the molecule is C=C(CCCCCc1ccc(N)c(N)c1)CC1C[C@H](C(=C)C)CC(C)C1C. The molecule has 0 aromatic heterocycles. The Hall–Kier alpha value is -1.70. The molecular formula is C25H40N2. The van der Waals surface area contributed by atoms with Gasteiger partial charge in [0.15, 0.2) is 0 Å². The molecule has 1 fully saturated rings. The number of aryl methyl sites for hydroxylation is 1. The summed E-state index contributed by atoms with van der Waals surface area (Å²) in [5.74, 6) is 3.08. The van der Waals surface area contributed by atoms with Gasteiger partial charge in [-0.1, -0.05) is 50.6 Å². The lowest BCUT2D eigenvalue weighted by atomic mass is 9.66. The summed E-state index contributed by atoms with van der Waals surface area (Å²) in [5.41, 5.74) is 17.1. The largest absolute Gasteiger partial charge is 0.397 e. The van der Waals surface area contributed by atoms with Gasteiger partial charge in [-0.3, -0.25) is 0 Å². The first-order valence-electron chi connectivity index (χ1n) is 10.7. The van der Waals surface area contributed by atoms with E-state index in [-0.39, 0.29) is 0 Å². The molecule has 1 saturated carbocycles. The fraction of sp³-hybridized carbons (Fsp3) is 0.600. The van der Waals surface area contributed by atoms with E-state index in [0.717, 1.165) is 24.2 Å². The van der Waals surface area contributed by atoms with Gasteiger partial charge in [0, 0.05) is 0 Å². The zero-order chi connectivity index (χ0) is 20.0. The van der Waals surface area contributed by atoms with Crippen LogP contribution in [0, 0.1) is 23.7 Å². The standard InChI is InChI=1S/C25H40N2/c1-17(2)22-14-19(4)20(5)23(16-22)13-18(3)9-7-6-8-10-21-11-12-24(26)25(27)15-21/h11-12,15,19-20,22-23H,1,3,6-10,13-14,16,26-27H2,2,4-5H3/t19?,20?,22-,23?/m1/s1.